The molecule has 0 saturated heterocycles. The van der Waals surface area contributed by atoms with Gasteiger partial charge in [0.1, 0.15) is 5.75 Å². The van der Waals surface area contributed by atoms with Gasteiger partial charge in [0.15, 0.2) is 18.2 Å². The molecule has 4 rings (SSSR count). The second kappa shape index (κ2) is 4.34. The molecule has 0 aliphatic carbocycles. The van der Waals surface area contributed by atoms with Crippen LogP contribution < -0.4 is 19.1 Å². The van der Waals surface area contributed by atoms with Crippen molar-refractivity contribution in [2.45, 2.75) is 13.5 Å². The van der Waals surface area contributed by atoms with Crippen LogP contribution in [0.15, 0.2) is 36.4 Å². The van der Waals surface area contributed by atoms with Crippen LogP contribution in [0, 0.1) is 6.92 Å². The first-order valence-electron chi connectivity index (χ1n) is 6.66. The zero-order valence-electron chi connectivity index (χ0n) is 11.3. The molecule has 20 heavy (non-hydrogen) atoms. The molecule has 0 saturated carbocycles. The summed E-state index contributed by atoms with van der Waals surface area (Å²) in [4.78, 5) is 2.20. The normalized spacial score (nSPS) is 15.8. The lowest BCUT2D eigenvalue weighted by molar-refractivity contribution is 0.174. The van der Waals surface area contributed by atoms with Crippen LogP contribution in [0.5, 0.6) is 17.2 Å². The van der Waals surface area contributed by atoms with E-state index in [2.05, 4.69) is 36.1 Å². The molecule has 0 unspecified atom stereocenters. The summed E-state index contributed by atoms with van der Waals surface area (Å²) in [5.74, 6) is 2.46. The first-order chi connectivity index (χ1) is 9.79. The highest BCUT2D eigenvalue weighted by atomic mass is 16.7. The summed E-state index contributed by atoms with van der Waals surface area (Å²) in [6.07, 6.45) is 0. The average Bonchev–Trinajstić information content (AvgIpc) is 2.92. The standard InChI is InChI=1S/C16H15NO3/c1-11-2-4-13(5-3-11)17-8-12-6-15-16(20-10-19-15)7-14(12)18-9-17/h2-7H,8-10H2,1H3. The van der Waals surface area contributed by atoms with Gasteiger partial charge in [-0.2, -0.15) is 0 Å². The minimum atomic E-state index is 0.292. The van der Waals surface area contributed by atoms with Crippen molar-refractivity contribution in [1.82, 2.24) is 0 Å². The zero-order chi connectivity index (χ0) is 13.5. The van der Waals surface area contributed by atoms with Crippen LogP contribution >= 0.6 is 0 Å². The molecular formula is C16H15NO3. The largest absolute Gasteiger partial charge is 0.473 e. The van der Waals surface area contributed by atoms with Gasteiger partial charge < -0.3 is 19.1 Å². The van der Waals surface area contributed by atoms with Crippen molar-refractivity contribution in [1.29, 1.82) is 0 Å². The Morgan fingerprint density at radius 1 is 0.900 bits per heavy atom. The minimum absolute atomic E-state index is 0.292. The van der Waals surface area contributed by atoms with Crippen molar-refractivity contribution < 1.29 is 14.2 Å². The Morgan fingerprint density at radius 3 is 2.45 bits per heavy atom. The van der Waals surface area contributed by atoms with E-state index in [0.29, 0.717) is 13.5 Å². The zero-order valence-corrected chi connectivity index (χ0v) is 11.3. The van der Waals surface area contributed by atoms with Crippen molar-refractivity contribution >= 4 is 5.69 Å². The first kappa shape index (κ1) is 11.5. The van der Waals surface area contributed by atoms with Crippen LogP contribution in [-0.2, 0) is 6.54 Å². The van der Waals surface area contributed by atoms with Gasteiger partial charge in [-0.3, -0.25) is 0 Å². The van der Waals surface area contributed by atoms with Gasteiger partial charge >= 0.3 is 0 Å². The van der Waals surface area contributed by atoms with Gasteiger partial charge in [0, 0.05) is 23.9 Å². The lowest BCUT2D eigenvalue weighted by atomic mass is 10.1. The van der Waals surface area contributed by atoms with E-state index in [0.717, 1.165) is 29.4 Å². The van der Waals surface area contributed by atoms with Gasteiger partial charge in [-0.1, -0.05) is 17.7 Å². The molecule has 2 heterocycles. The molecule has 0 atom stereocenters. The monoisotopic (exact) mass is 269 g/mol. The van der Waals surface area contributed by atoms with Gasteiger partial charge in [-0.25, -0.2) is 0 Å². The SMILES string of the molecule is Cc1ccc(N2COc3cc4c(cc3C2)OCO4)cc1. The van der Waals surface area contributed by atoms with Gasteiger partial charge in [0.2, 0.25) is 6.79 Å². The minimum Gasteiger partial charge on any atom is -0.473 e. The van der Waals surface area contributed by atoms with Crippen molar-refractivity contribution in [2.24, 2.45) is 0 Å². The number of ether oxygens (including phenoxy) is 3. The number of fused-ring (bicyclic) bond motifs is 2. The third kappa shape index (κ3) is 1.84. The summed E-state index contributed by atoms with van der Waals surface area (Å²) in [7, 11) is 0. The fraction of sp³-hybridized carbons (Fsp3) is 0.250. The molecule has 102 valence electrons. The van der Waals surface area contributed by atoms with E-state index in [-0.39, 0.29) is 0 Å². The Hall–Kier alpha value is -2.36. The van der Waals surface area contributed by atoms with Crippen LogP contribution in [-0.4, -0.2) is 13.5 Å². The van der Waals surface area contributed by atoms with Crippen LogP contribution in [0.4, 0.5) is 5.69 Å². The molecule has 4 heteroatoms. The van der Waals surface area contributed by atoms with E-state index in [1.54, 1.807) is 0 Å². The summed E-state index contributed by atoms with van der Waals surface area (Å²) in [5, 5.41) is 0. The molecule has 0 aromatic heterocycles. The van der Waals surface area contributed by atoms with Crippen molar-refractivity contribution in [3.05, 3.63) is 47.5 Å². The number of nitrogens with zero attached hydrogens (tertiary/aromatic N) is 1. The Bertz CT molecular complexity index is 652. The third-order valence-corrected chi connectivity index (χ3v) is 3.69. The number of rotatable bonds is 1. The van der Waals surface area contributed by atoms with Crippen LogP contribution in [0.1, 0.15) is 11.1 Å². The second-order valence-corrected chi connectivity index (χ2v) is 5.12. The first-order valence-corrected chi connectivity index (χ1v) is 6.66. The molecule has 2 aliphatic rings. The van der Waals surface area contributed by atoms with Crippen molar-refractivity contribution in [3.63, 3.8) is 0 Å². The second-order valence-electron chi connectivity index (χ2n) is 5.12. The number of aryl methyl sites for hydroxylation is 1. The summed E-state index contributed by atoms with van der Waals surface area (Å²) in [6, 6.07) is 12.4. The molecule has 0 amide bonds. The topological polar surface area (TPSA) is 30.9 Å². The highest BCUT2D eigenvalue weighted by molar-refractivity contribution is 5.56. The van der Waals surface area contributed by atoms with Gasteiger partial charge in [-0.15, -0.1) is 0 Å². The number of hydrogen-bond acceptors (Lipinski definition) is 4. The molecule has 4 nitrogen and oxygen atoms in total. The maximum Gasteiger partial charge on any atom is 0.231 e. The molecule has 0 fully saturated rings. The van der Waals surface area contributed by atoms with Crippen molar-refractivity contribution in [2.75, 3.05) is 18.4 Å². The maximum absolute atomic E-state index is 5.84. The van der Waals surface area contributed by atoms with Crippen LogP contribution in [0.2, 0.25) is 0 Å². The quantitative estimate of drug-likeness (QED) is 0.796. The Kier molecular flexibility index (Phi) is 2.49. The number of anilines is 1. The van der Waals surface area contributed by atoms with E-state index in [9.17, 15) is 0 Å². The van der Waals surface area contributed by atoms with E-state index in [1.165, 1.54) is 11.3 Å². The molecule has 0 N–H and O–H groups in total. The van der Waals surface area contributed by atoms with E-state index < -0.39 is 0 Å². The molecule has 2 aromatic rings. The smallest absolute Gasteiger partial charge is 0.231 e. The van der Waals surface area contributed by atoms with E-state index >= 15 is 0 Å². The molecule has 0 spiro atoms. The summed E-state index contributed by atoms with van der Waals surface area (Å²) < 4.78 is 16.6. The highest BCUT2D eigenvalue weighted by Crippen LogP contribution is 2.40. The average molecular weight is 269 g/mol. The highest BCUT2D eigenvalue weighted by Gasteiger charge is 2.23. The summed E-state index contributed by atoms with van der Waals surface area (Å²) >= 11 is 0. The summed E-state index contributed by atoms with van der Waals surface area (Å²) in [5.41, 5.74) is 3.55. The van der Waals surface area contributed by atoms with E-state index in [4.69, 9.17) is 14.2 Å². The third-order valence-electron chi connectivity index (χ3n) is 3.69. The number of hydrogen-bond donors (Lipinski definition) is 0. The van der Waals surface area contributed by atoms with E-state index in [1.807, 2.05) is 12.1 Å². The van der Waals surface area contributed by atoms with Gasteiger partial charge in [0.25, 0.3) is 0 Å². The summed E-state index contributed by atoms with van der Waals surface area (Å²) in [6.45, 7) is 3.75. The molecular weight excluding hydrogens is 254 g/mol. The lowest BCUT2D eigenvalue weighted by Gasteiger charge is -2.31. The molecule has 0 bridgehead atoms. The van der Waals surface area contributed by atoms with Gasteiger partial charge in [-0.05, 0) is 25.1 Å². The van der Waals surface area contributed by atoms with Crippen LogP contribution in [0.25, 0.3) is 0 Å². The fourth-order valence-electron chi connectivity index (χ4n) is 2.54. The van der Waals surface area contributed by atoms with Gasteiger partial charge in [0.05, 0.1) is 0 Å². The lowest BCUT2D eigenvalue weighted by Crippen LogP contribution is -2.31. The molecule has 2 aliphatic heterocycles. The Morgan fingerprint density at radius 2 is 1.65 bits per heavy atom. The molecule has 2 aromatic carbocycles. The van der Waals surface area contributed by atoms with Crippen LogP contribution in [0.3, 0.4) is 0 Å². The Balaban J connectivity index is 1.64. The predicted molar refractivity (Wildman–Crippen MR) is 75.4 cm³/mol. The van der Waals surface area contributed by atoms with Crippen molar-refractivity contribution in [3.8, 4) is 17.2 Å². The maximum atomic E-state index is 5.84. The predicted octanol–water partition coefficient (Wildman–Crippen LogP) is 3.08. The molecule has 0 radical (unpaired) electrons. The fourth-order valence-corrected chi connectivity index (χ4v) is 2.54. The number of benzene rings is 2. The Labute approximate surface area is 117 Å².